The summed E-state index contributed by atoms with van der Waals surface area (Å²) >= 11 is 0. The summed E-state index contributed by atoms with van der Waals surface area (Å²) in [6.45, 7) is 3.01. The number of rotatable bonds is 6. The summed E-state index contributed by atoms with van der Waals surface area (Å²) in [5.74, 6) is 1.75. The fraction of sp³-hybridized carbons (Fsp3) is 0.700. The SMILES string of the molecule is Cc1cc(NCCC2=CCCCC2)nc(NC2CCCCCC2)n1. The third-order valence-corrected chi connectivity index (χ3v) is 5.18. The van der Waals surface area contributed by atoms with Crippen LogP contribution in [0.3, 0.4) is 0 Å². The van der Waals surface area contributed by atoms with Crippen LogP contribution in [-0.2, 0) is 0 Å². The molecule has 1 aromatic heterocycles. The number of anilines is 2. The van der Waals surface area contributed by atoms with E-state index in [0.29, 0.717) is 6.04 Å². The minimum absolute atomic E-state index is 0.537. The molecule has 4 nitrogen and oxygen atoms in total. The van der Waals surface area contributed by atoms with Gasteiger partial charge in [-0.3, -0.25) is 0 Å². The topological polar surface area (TPSA) is 49.8 Å². The molecular weight excluding hydrogens is 296 g/mol. The second-order valence-corrected chi connectivity index (χ2v) is 7.34. The van der Waals surface area contributed by atoms with E-state index in [1.54, 1.807) is 5.57 Å². The van der Waals surface area contributed by atoms with Crippen molar-refractivity contribution in [2.24, 2.45) is 0 Å². The molecular formula is C20H32N4. The normalized spacial score (nSPS) is 19.5. The van der Waals surface area contributed by atoms with E-state index >= 15 is 0 Å². The maximum Gasteiger partial charge on any atom is 0.225 e. The standard InChI is InChI=1S/C20H32N4/c1-16-15-19(21-14-13-17-9-5-4-6-10-17)24-20(22-16)23-18-11-7-2-3-8-12-18/h9,15,18H,2-8,10-14H2,1H3,(H2,21,22,23,24). The first-order valence-corrected chi connectivity index (χ1v) is 9.83. The first kappa shape index (κ1) is 17.2. The number of nitrogens with zero attached hydrogens (tertiary/aromatic N) is 2. The monoisotopic (exact) mass is 328 g/mol. The fourth-order valence-electron chi connectivity index (χ4n) is 3.81. The highest BCUT2D eigenvalue weighted by molar-refractivity contribution is 5.42. The second-order valence-electron chi connectivity index (χ2n) is 7.34. The molecule has 0 unspecified atom stereocenters. The van der Waals surface area contributed by atoms with E-state index in [1.165, 1.54) is 64.2 Å². The van der Waals surface area contributed by atoms with Crippen molar-refractivity contribution in [1.82, 2.24) is 9.97 Å². The van der Waals surface area contributed by atoms with Gasteiger partial charge in [0.25, 0.3) is 0 Å². The van der Waals surface area contributed by atoms with Crippen molar-refractivity contribution >= 4 is 11.8 Å². The van der Waals surface area contributed by atoms with Crippen molar-refractivity contribution in [3.05, 3.63) is 23.4 Å². The van der Waals surface area contributed by atoms with E-state index in [9.17, 15) is 0 Å². The summed E-state index contributed by atoms with van der Waals surface area (Å²) in [5, 5.41) is 7.06. The Morgan fingerprint density at radius 2 is 1.88 bits per heavy atom. The van der Waals surface area contributed by atoms with Gasteiger partial charge in [0.1, 0.15) is 5.82 Å². The van der Waals surface area contributed by atoms with Gasteiger partial charge < -0.3 is 10.6 Å². The van der Waals surface area contributed by atoms with E-state index in [-0.39, 0.29) is 0 Å². The van der Waals surface area contributed by atoms with Gasteiger partial charge in [0.2, 0.25) is 5.95 Å². The Morgan fingerprint density at radius 1 is 1.04 bits per heavy atom. The lowest BCUT2D eigenvalue weighted by Gasteiger charge is -2.17. The second kappa shape index (κ2) is 9.05. The van der Waals surface area contributed by atoms with Crippen LogP contribution in [0.2, 0.25) is 0 Å². The van der Waals surface area contributed by atoms with Gasteiger partial charge in [-0.2, -0.15) is 4.98 Å². The van der Waals surface area contributed by atoms with Gasteiger partial charge in [-0.1, -0.05) is 37.3 Å². The van der Waals surface area contributed by atoms with Crippen molar-refractivity contribution in [1.29, 1.82) is 0 Å². The Labute approximate surface area is 146 Å². The lowest BCUT2D eigenvalue weighted by atomic mass is 9.97. The number of aromatic nitrogens is 2. The molecule has 0 atom stereocenters. The lowest BCUT2D eigenvalue weighted by Crippen LogP contribution is -2.20. The highest BCUT2D eigenvalue weighted by Gasteiger charge is 2.13. The van der Waals surface area contributed by atoms with Crippen LogP contribution in [0.5, 0.6) is 0 Å². The molecule has 1 heterocycles. The van der Waals surface area contributed by atoms with Gasteiger partial charge in [0.05, 0.1) is 0 Å². The Bertz CT molecular complexity index is 545. The number of nitrogens with one attached hydrogen (secondary N) is 2. The van der Waals surface area contributed by atoms with E-state index < -0.39 is 0 Å². The third kappa shape index (κ3) is 5.50. The van der Waals surface area contributed by atoms with Crippen LogP contribution in [0.4, 0.5) is 11.8 Å². The Kier molecular flexibility index (Phi) is 6.50. The highest BCUT2D eigenvalue weighted by atomic mass is 15.2. The predicted molar refractivity (Wildman–Crippen MR) is 102 cm³/mol. The average molecular weight is 329 g/mol. The molecule has 0 aliphatic heterocycles. The van der Waals surface area contributed by atoms with E-state index in [1.807, 2.05) is 6.07 Å². The van der Waals surface area contributed by atoms with Gasteiger partial charge in [-0.15, -0.1) is 0 Å². The molecule has 0 amide bonds. The Balaban J connectivity index is 1.53. The summed E-state index contributed by atoms with van der Waals surface area (Å²) < 4.78 is 0. The average Bonchev–Trinajstić information content (AvgIpc) is 2.84. The quantitative estimate of drug-likeness (QED) is 0.555. The zero-order chi connectivity index (χ0) is 16.6. The summed E-state index contributed by atoms with van der Waals surface area (Å²) in [6, 6.07) is 2.59. The molecule has 2 aliphatic rings. The van der Waals surface area contributed by atoms with Crippen molar-refractivity contribution in [2.45, 2.75) is 83.6 Å². The van der Waals surface area contributed by atoms with Crippen molar-refractivity contribution in [2.75, 3.05) is 17.2 Å². The third-order valence-electron chi connectivity index (χ3n) is 5.18. The van der Waals surface area contributed by atoms with Gasteiger partial charge in [0, 0.05) is 24.3 Å². The van der Waals surface area contributed by atoms with Crippen LogP contribution in [0.1, 0.15) is 76.3 Å². The number of allylic oxidation sites excluding steroid dienone is 1. The van der Waals surface area contributed by atoms with Crippen LogP contribution in [0.25, 0.3) is 0 Å². The van der Waals surface area contributed by atoms with Crippen LogP contribution >= 0.6 is 0 Å². The molecule has 0 radical (unpaired) electrons. The molecule has 0 spiro atoms. The van der Waals surface area contributed by atoms with Crippen LogP contribution in [-0.4, -0.2) is 22.6 Å². The molecule has 24 heavy (non-hydrogen) atoms. The maximum absolute atomic E-state index is 4.69. The van der Waals surface area contributed by atoms with Crippen molar-refractivity contribution in [3.8, 4) is 0 Å². The first-order chi connectivity index (χ1) is 11.8. The maximum atomic E-state index is 4.69. The van der Waals surface area contributed by atoms with Gasteiger partial charge in [0.15, 0.2) is 0 Å². The summed E-state index contributed by atoms with van der Waals surface area (Å²) in [4.78, 5) is 9.27. The molecule has 3 rings (SSSR count). The molecule has 0 saturated heterocycles. The van der Waals surface area contributed by atoms with Gasteiger partial charge in [-0.25, -0.2) is 4.98 Å². The number of aryl methyl sites for hydroxylation is 1. The first-order valence-electron chi connectivity index (χ1n) is 9.83. The van der Waals surface area contributed by atoms with E-state index in [0.717, 1.165) is 30.4 Å². The van der Waals surface area contributed by atoms with Crippen molar-refractivity contribution in [3.63, 3.8) is 0 Å². The zero-order valence-corrected chi connectivity index (χ0v) is 15.1. The molecule has 132 valence electrons. The van der Waals surface area contributed by atoms with Crippen LogP contribution in [0.15, 0.2) is 17.7 Å². The lowest BCUT2D eigenvalue weighted by molar-refractivity contribution is 0.614. The van der Waals surface area contributed by atoms with Crippen LogP contribution in [0, 0.1) is 6.92 Å². The van der Waals surface area contributed by atoms with E-state index in [2.05, 4.69) is 33.6 Å². The Hall–Kier alpha value is -1.58. The highest BCUT2D eigenvalue weighted by Crippen LogP contribution is 2.22. The summed E-state index contributed by atoms with van der Waals surface area (Å²) in [6.07, 6.45) is 16.7. The molecule has 2 aliphatic carbocycles. The smallest absolute Gasteiger partial charge is 0.225 e. The minimum atomic E-state index is 0.537. The molecule has 4 heteroatoms. The molecule has 1 aromatic rings. The van der Waals surface area contributed by atoms with Crippen LogP contribution < -0.4 is 10.6 Å². The zero-order valence-electron chi connectivity index (χ0n) is 15.1. The summed E-state index contributed by atoms with van der Waals surface area (Å²) in [5.41, 5.74) is 2.64. The minimum Gasteiger partial charge on any atom is -0.370 e. The van der Waals surface area contributed by atoms with Gasteiger partial charge >= 0.3 is 0 Å². The molecule has 0 bridgehead atoms. The summed E-state index contributed by atoms with van der Waals surface area (Å²) in [7, 11) is 0. The predicted octanol–water partition coefficient (Wildman–Crippen LogP) is 5.22. The fourth-order valence-corrected chi connectivity index (χ4v) is 3.81. The van der Waals surface area contributed by atoms with Gasteiger partial charge in [-0.05, 0) is 51.9 Å². The molecule has 0 aromatic carbocycles. The molecule has 1 fully saturated rings. The molecule has 2 N–H and O–H groups in total. The Morgan fingerprint density at radius 3 is 2.62 bits per heavy atom. The van der Waals surface area contributed by atoms with Crippen molar-refractivity contribution < 1.29 is 0 Å². The van der Waals surface area contributed by atoms with E-state index in [4.69, 9.17) is 0 Å². The number of hydrogen-bond donors (Lipinski definition) is 2. The largest absolute Gasteiger partial charge is 0.370 e. The number of hydrogen-bond acceptors (Lipinski definition) is 4. The molecule has 1 saturated carbocycles.